The first-order valence-electron chi connectivity index (χ1n) is 5.59. The first kappa shape index (κ1) is 15.3. The van der Waals surface area contributed by atoms with Crippen molar-refractivity contribution in [2.24, 2.45) is 0 Å². The van der Waals surface area contributed by atoms with E-state index < -0.39 is 33.5 Å². The molecule has 0 aromatic carbocycles. The lowest BCUT2D eigenvalue weighted by Crippen LogP contribution is -2.47. The molecule has 0 spiro atoms. The van der Waals surface area contributed by atoms with E-state index in [-0.39, 0.29) is 5.37 Å². The maximum absolute atomic E-state index is 11.9. The second-order valence-corrected chi connectivity index (χ2v) is 7.65. The van der Waals surface area contributed by atoms with Gasteiger partial charge in [0.25, 0.3) is 0 Å². The second-order valence-electron chi connectivity index (χ2n) is 4.30. The van der Waals surface area contributed by atoms with Gasteiger partial charge in [-0.15, -0.1) is 11.8 Å². The number of hydrogen-bond donors (Lipinski definition) is 1. The molecule has 0 radical (unpaired) electrons. The van der Waals surface area contributed by atoms with E-state index in [1.165, 1.54) is 16.7 Å². The summed E-state index contributed by atoms with van der Waals surface area (Å²) in [4.78, 5) is 24.2. The number of aliphatic carboxylic acids is 1. The quantitative estimate of drug-likeness (QED) is 0.778. The molecule has 1 aliphatic rings. The number of thioether (sulfide) groups is 1. The summed E-state index contributed by atoms with van der Waals surface area (Å²) in [6, 6.07) is -0.916. The van der Waals surface area contributed by atoms with Gasteiger partial charge in [0, 0.05) is 12.0 Å². The van der Waals surface area contributed by atoms with Crippen molar-refractivity contribution in [2.45, 2.75) is 31.2 Å². The van der Waals surface area contributed by atoms with Crippen LogP contribution in [0, 0.1) is 0 Å². The molecule has 0 aromatic rings. The van der Waals surface area contributed by atoms with Crippen molar-refractivity contribution in [3.63, 3.8) is 0 Å². The standard InChI is InChI=1S/C10H17NO5S2/c1-3-4-9-11(7(5-17-9)10(13)14)8(12)6-18(2,15)16/h7,9H,3-6H2,1-2H3,(H,13,14). The van der Waals surface area contributed by atoms with Crippen LogP contribution < -0.4 is 0 Å². The molecule has 1 heterocycles. The summed E-state index contributed by atoms with van der Waals surface area (Å²) in [7, 11) is -3.44. The van der Waals surface area contributed by atoms with E-state index in [2.05, 4.69) is 0 Å². The number of carbonyl (C=O) groups is 2. The van der Waals surface area contributed by atoms with Gasteiger partial charge in [-0.25, -0.2) is 13.2 Å². The predicted molar refractivity (Wildman–Crippen MR) is 69.1 cm³/mol. The van der Waals surface area contributed by atoms with Crippen molar-refractivity contribution in [3.05, 3.63) is 0 Å². The SMILES string of the molecule is CCCC1SCC(C(=O)O)N1C(=O)CS(C)(=O)=O. The normalized spacial score (nSPS) is 24.2. The largest absolute Gasteiger partial charge is 0.480 e. The number of carbonyl (C=O) groups excluding carboxylic acids is 1. The van der Waals surface area contributed by atoms with Gasteiger partial charge in [0.1, 0.15) is 11.8 Å². The van der Waals surface area contributed by atoms with Gasteiger partial charge in [-0.3, -0.25) is 4.79 Å². The Balaban J connectivity index is 2.89. The molecule has 1 amide bonds. The fourth-order valence-electron chi connectivity index (χ4n) is 1.86. The minimum atomic E-state index is -3.44. The van der Waals surface area contributed by atoms with E-state index in [1.807, 2.05) is 6.92 Å². The van der Waals surface area contributed by atoms with Crippen LogP contribution in [0.5, 0.6) is 0 Å². The van der Waals surface area contributed by atoms with Crippen LogP contribution in [0.4, 0.5) is 0 Å². The first-order chi connectivity index (χ1) is 8.26. The highest BCUT2D eigenvalue weighted by Gasteiger charge is 2.41. The Hall–Kier alpha value is -0.760. The Bertz CT molecular complexity index is 434. The number of rotatable bonds is 5. The zero-order valence-electron chi connectivity index (χ0n) is 10.3. The molecule has 1 aliphatic heterocycles. The lowest BCUT2D eigenvalue weighted by Gasteiger charge is -2.26. The number of sulfone groups is 1. The van der Waals surface area contributed by atoms with Gasteiger partial charge in [-0.2, -0.15) is 0 Å². The summed E-state index contributed by atoms with van der Waals surface area (Å²) in [5.41, 5.74) is 0. The average molecular weight is 295 g/mol. The number of nitrogens with zero attached hydrogens (tertiary/aromatic N) is 1. The third-order valence-corrected chi connectivity index (χ3v) is 4.71. The molecular formula is C10H17NO5S2. The zero-order chi connectivity index (χ0) is 13.9. The average Bonchev–Trinajstić information content (AvgIpc) is 2.59. The Labute approximate surface area is 111 Å². The van der Waals surface area contributed by atoms with Crippen molar-refractivity contribution in [1.29, 1.82) is 0 Å². The van der Waals surface area contributed by atoms with Crippen LogP contribution in [0.3, 0.4) is 0 Å². The zero-order valence-corrected chi connectivity index (χ0v) is 12.0. The Morgan fingerprint density at radius 3 is 2.50 bits per heavy atom. The van der Waals surface area contributed by atoms with Crippen molar-refractivity contribution >= 4 is 33.5 Å². The molecule has 1 fully saturated rings. The van der Waals surface area contributed by atoms with Gasteiger partial charge in [0.05, 0.1) is 5.37 Å². The number of amides is 1. The van der Waals surface area contributed by atoms with E-state index in [0.29, 0.717) is 12.2 Å². The van der Waals surface area contributed by atoms with E-state index >= 15 is 0 Å². The van der Waals surface area contributed by atoms with Crippen LogP contribution in [0.1, 0.15) is 19.8 Å². The van der Waals surface area contributed by atoms with Crippen molar-refractivity contribution < 1.29 is 23.1 Å². The lowest BCUT2D eigenvalue weighted by atomic mass is 10.2. The smallest absolute Gasteiger partial charge is 0.327 e. The molecule has 0 saturated carbocycles. The maximum Gasteiger partial charge on any atom is 0.327 e. The first-order valence-corrected chi connectivity index (χ1v) is 8.70. The highest BCUT2D eigenvalue weighted by atomic mass is 32.2. The molecule has 104 valence electrons. The molecule has 2 atom stereocenters. The molecule has 0 bridgehead atoms. The van der Waals surface area contributed by atoms with Gasteiger partial charge in [-0.05, 0) is 6.42 Å². The molecule has 18 heavy (non-hydrogen) atoms. The van der Waals surface area contributed by atoms with Crippen molar-refractivity contribution in [3.8, 4) is 0 Å². The lowest BCUT2D eigenvalue weighted by molar-refractivity contribution is -0.148. The van der Waals surface area contributed by atoms with Gasteiger partial charge in [-0.1, -0.05) is 13.3 Å². The van der Waals surface area contributed by atoms with Gasteiger partial charge in [0.15, 0.2) is 9.84 Å². The summed E-state index contributed by atoms with van der Waals surface area (Å²) in [5.74, 6) is -2.01. The monoisotopic (exact) mass is 295 g/mol. The minimum absolute atomic E-state index is 0.231. The van der Waals surface area contributed by atoms with Crippen LogP contribution in [-0.4, -0.2) is 59.5 Å². The van der Waals surface area contributed by atoms with Gasteiger partial charge >= 0.3 is 5.97 Å². The van der Waals surface area contributed by atoms with Crippen LogP contribution in [-0.2, 0) is 19.4 Å². The van der Waals surface area contributed by atoms with E-state index in [0.717, 1.165) is 12.7 Å². The highest BCUT2D eigenvalue weighted by molar-refractivity contribution is 8.00. The highest BCUT2D eigenvalue weighted by Crippen LogP contribution is 2.32. The molecule has 8 heteroatoms. The van der Waals surface area contributed by atoms with Crippen LogP contribution in [0.15, 0.2) is 0 Å². The summed E-state index contributed by atoms with van der Waals surface area (Å²) < 4.78 is 22.3. The van der Waals surface area contributed by atoms with Gasteiger partial charge in [0.2, 0.25) is 5.91 Å². The minimum Gasteiger partial charge on any atom is -0.480 e. The molecule has 0 aliphatic carbocycles. The predicted octanol–water partition coefficient (Wildman–Crippen LogP) is 0.186. The third-order valence-electron chi connectivity index (χ3n) is 2.59. The summed E-state index contributed by atoms with van der Waals surface area (Å²) in [6.45, 7) is 1.94. The summed E-state index contributed by atoms with van der Waals surface area (Å²) in [6.07, 6.45) is 2.45. The van der Waals surface area contributed by atoms with Crippen LogP contribution >= 0.6 is 11.8 Å². The Morgan fingerprint density at radius 2 is 2.06 bits per heavy atom. The number of hydrogen-bond acceptors (Lipinski definition) is 5. The topological polar surface area (TPSA) is 91.8 Å². The van der Waals surface area contributed by atoms with E-state index in [4.69, 9.17) is 5.11 Å². The number of carboxylic acids is 1. The van der Waals surface area contributed by atoms with E-state index in [9.17, 15) is 18.0 Å². The fourth-order valence-corrected chi connectivity index (χ4v) is 3.99. The van der Waals surface area contributed by atoms with E-state index in [1.54, 1.807) is 0 Å². The summed E-state index contributed by atoms with van der Waals surface area (Å²) >= 11 is 1.40. The second kappa shape index (κ2) is 5.92. The summed E-state index contributed by atoms with van der Waals surface area (Å²) in [5, 5.41) is 8.83. The van der Waals surface area contributed by atoms with Crippen molar-refractivity contribution in [2.75, 3.05) is 17.8 Å². The molecular weight excluding hydrogens is 278 g/mol. The van der Waals surface area contributed by atoms with Crippen molar-refractivity contribution in [1.82, 2.24) is 4.90 Å². The van der Waals surface area contributed by atoms with Crippen LogP contribution in [0.25, 0.3) is 0 Å². The molecule has 1 rings (SSSR count). The Kier molecular flexibility index (Phi) is 5.03. The third kappa shape index (κ3) is 3.88. The maximum atomic E-state index is 11.9. The fraction of sp³-hybridized carbons (Fsp3) is 0.800. The molecule has 1 N–H and O–H groups in total. The molecule has 6 nitrogen and oxygen atoms in total. The van der Waals surface area contributed by atoms with Crippen LogP contribution in [0.2, 0.25) is 0 Å². The van der Waals surface area contributed by atoms with Gasteiger partial charge < -0.3 is 10.0 Å². The molecule has 2 unspecified atom stereocenters. The molecule has 1 saturated heterocycles. The number of carboxylic acid groups (broad SMARTS) is 1. The Morgan fingerprint density at radius 1 is 1.44 bits per heavy atom. The molecule has 0 aromatic heterocycles.